The molecular formula is C10H15NO3. The minimum absolute atomic E-state index is 0.0109. The van der Waals surface area contributed by atoms with Crippen molar-refractivity contribution in [3.05, 3.63) is 12.2 Å². The van der Waals surface area contributed by atoms with Gasteiger partial charge in [-0.3, -0.25) is 9.59 Å². The fraction of sp³-hybridized carbons (Fsp3) is 0.600. The van der Waals surface area contributed by atoms with Crippen LogP contribution in [-0.2, 0) is 14.3 Å². The molecule has 4 heteroatoms. The molecule has 1 saturated heterocycles. The van der Waals surface area contributed by atoms with Crippen molar-refractivity contribution in [2.45, 2.75) is 13.8 Å². The highest BCUT2D eigenvalue weighted by molar-refractivity contribution is 5.91. The summed E-state index contributed by atoms with van der Waals surface area (Å²) in [6.45, 7) is 4.63. The monoisotopic (exact) mass is 197 g/mol. The van der Waals surface area contributed by atoms with Crippen LogP contribution < -0.4 is 0 Å². The highest BCUT2D eigenvalue weighted by atomic mass is 16.5. The molecule has 0 bridgehead atoms. The maximum absolute atomic E-state index is 11.2. The lowest BCUT2D eigenvalue weighted by Crippen LogP contribution is -2.25. The molecule has 1 amide bonds. The minimum atomic E-state index is -0.0216. The van der Waals surface area contributed by atoms with Gasteiger partial charge in [0.2, 0.25) is 0 Å². The fourth-order valence-electron chi connectivity index (χ4n) is 1.05. The van der Waals surface area contributed by atoms with E-state index in [9.17, 15) is 9.59 Å². The molecule has 0 aromatic carbocycles. The summed E-state index contributed by atoms with van der Waals surface area (Å²) in [6.07, 6.45) is 3.23. The third-order valence-electron chi connectivity index (χ3n) is 2.00. The zero-order valence-corrected chi connectivity index (χ0v) is 8.53. The van der Waals surface area contributed by atoms with Crippen molar-refractivity contribution >= 4 is 11.7 Å². The van der Waals surface area contributed by atoms with E-state index in [-0.39, 0.29) is 24.2 Å². The van der Waals surface area contributed by atoms with Gasteiger partial charge < -0.3 is 9.64 Å². The Morgan fingerprint density at radius 3 is 2.86 bits per heavy atom. The molecule has 1 aliphatic heterocycles. The second-order valence-electron chi connectivity index (χ2n) is 3.55. The van der Waals surface area contributed by atoms with E-state index in [1.54, 1.807) is 11.0 Å². The van der Waals surface area contributed by atoms with Crippen molar-refractivity contribution in [2.75, 3.05) is 19.9 Å². The van der Waals surface area contributed by atoms with Gasteiger partial charge in [0, 0.05) is 12.5 Å². The standard InChI is InChI=1S/C10H15NO3/c1-8(2)9(12)4-3-5-11-7-14-6-10(11)13/h3-4,8H,5-7H2,1-2H3/b4-3+. The number of allylic oxidation sites excluding steroid dienone is 1. The Hall–Kier alpha value is -1.16. The van der Waals surface area contributed by atoms with E-state index >= 15 is 0 Å². The number of ketones is 1. The van der Waals surface area contributed by atoms with E-state index in [1.807, 2.05) is 13.8 Å². The quantitative estimate of drug-likeness (QED) is 0.619. The normalized spacial score (nSPS) is 17.4. The van der Waals surface area contributed by atoms with Gasteiger partial charge in [-0.2, -0.15) is 0 Å². The minimum Gasteiger partial charge on any atom is -0.351 e. The van der Waals surface area contributed by atoms with Crippen LogP contribution in [0.1, 0.15) is 13.8 Å². The van der Waals surface area contributed by atoms with E-state index in [0.29, 0.717) is 13.3 Å². The molecule has 0 saturated carbocycles. The first-order valence-electron chi connectivity index (χ1n) is 4.67. The second-order valence-corrected chi connectivity index (χ2v) is 3.55. The van der Waals surface area contributed by atoms with Crippen molar-refractivity contribution < 1.29 is 14.3 Å². The Kier molecular flexibility index (Phi) is 3.83. The Morgan fingerprint density at radius 1 is 1.64 bits per heavy atom. The summed E-state index contributed by atoms with van der Waals surface area (Å²) in [4.78, 5) is 23.8. The van der Waals surface area contributed by atoms with Crippen LogP contribution in [-0.4, -0.2) is 36.5 Å². The van der Waals surface area contributed by atoms with Gasteiger partial charge in [-0.25, -0.2) is 0 Å². The molecule has 0 aliphatic carbocycles. The highest BCUT2D eigenvalue weighted by Gasteiger charge is 2.18. The molecule has 0 aromatic heterocycles. The third kappa shape index (κ3) is 2.96. The van der Waals surface area contributed by atoms with Crippen molar-refractivity contribution in [3.63, 3.8) is 0 Å². The van der Waals surface area contributed by atoms with Crippen molar-refractivity contribution in [1.29, 1.82) is 0 Å². The number of ether oxygens (including phenoxy) is 1. The molecule has 4 nitrogen and oxygen atoms in total. The lowest BCUT2D eigenvalue weighted by molar-refractivity contribution is -0.126. The molecule has 0 N–H and O–H groups in total. The summed E-state index contributed by atoms with van der Waals surface area (Å²) in [6, 6.07) is 0. The van der Waals surface area contributed by atoms with Gasteiger partial charge in [0.15, 0.2) is 5.78 Å². The number of hydrogen-bond acceptors (Lipinski definition) is 3. The summed E-state index contributed by atoms with van der Waals surface area (Å²) < 4.78 is 4.93. The maximum atomic E-state index is 11.2. The van der Waals surface area contributed by atoms with Crippen molar-refractivity contribution in [1.82, 2.24) is 4.90 Å². The van der Waals surface area contributed by atoms with Crippen LogP contribution in [0.15, 0.2) is 12.2 Å². The van der Waals surface area contributed by atoms with E-state index in [2.05, 4.69) is 0 Å². The van der Waals surface area contributed by atoms with Crippen LogP contribution in [0.2, 0.25) is 0 Å². The van der Waals surface area contributed by atoms with Crippen LogP contribution in [0.4, 0.5) is 0 Å². The van der Waals surface area contributed by atoms with Crippen LogP contribution in [0, 0.1) is 5.92 Å². The second kappa shape index (κ2) is 4.91. The highest BCUT2D eigenvalue weighted by Crippen LogP contribution is 2.01. The molecule has 0 spiro atoms. The fourth-order valence-corrected chi connectivity index (χ4v) is 1.05. The zero-order chi connectivity index (χ0) is 10.6. The number of carbonyl (C=O) groups is 2. The number of nitrogens with zero attached hydrogens (tertiary/aromatic N) is 1. The van der Waals surface area contributed by atoms with E-state index in [1.165, 1.54) is 6.08 Å². The number of hydrogen-bond donors (Lipinski definition) is 0. The molecule has 78 valence electrons. The van der Waals surface area contributed by atoms with Gasteiger partial charge in [0.1, 0.15) is 13.3 Å². The third-order valence-corrected chi connectivity index (χ3v) is 2.00. The molecule has 1 heterocycles. The Morgan fingerprint density at radius 2 is 2.36 bits per heavy atom. The molecule has 1 aliphatic rings. The summed E-state index contributed by atoms with van der Waals surface area (Å²) in [5, 5.41) is 0. The van der Waals surface area contributed by atoms with Crippen LogP contribution in [0.5, 0.6) is 0 Å². The van der Waals surface area contributed by atoms with Crippen LogP contribution >= 0.6 is 0 Å². The zero-order valence-electron chi connectivity index (χ0n) is 8.53. The van der Waals surface area contributed by atoms with Gasteiger partial charge in [-0.1, -0.05) is 19.9 Å². The maximum Gasteiger partial charge on any atom is 0.250 e. The molecular weight excluding hydrogens is 182 g/mol. The molecule has 0 unspecified atom stereocenters. The Bertz CT molecular complexity index is 258. The molecule has 0 aromatic rings. The average molecular weight is 197 g/mol. The van der Waals surface area contributed by atoms with E-state index in [4.69, 9.17) is 4.74 Å². The smallest absolute Gasteiger partial charge is 0.250 e. The predicted molar refractivity (Wildman–Crippen MR) is 51.5 cm³/mol. The summed E-state index contributed by atoms with van der Waals surface area (Å²) >= 11 is 0. The van der Waals surface area contributed by atoms with E-state index in [0.717, 1.165) is 0 Å². The SMILES string of the molecule is CC(C)C(=O)/C=C/CN1COCC1=O. The first-order valence-corrected chi connectivity index (χ1v) is 4.67. The van der Waals surface area contributed by atoms with Crippen molar-refractivity contribution in [3.8, 4) is 0 Å². The summed E-state index contributed by atoms with van der Waals surface area (Å²) in [5.74, 6) is 0.0704. The first kappa shape index (κ1) is 10.9. The topological polar surface area (TPSA) is 46.6 Å². The van der Waals surface area contributed by atoms with Crippen molar-refractivity contribution in [2.24, 2.45) is 5.92 Å². The van der Waals surface area contributed by atoms with E-state index < -0.39 is 0 Å². The van der Waals surface area contributed by atoms with Gasteiger partial charge in [-0.05, 0) is 6.08 Å². The lowest BCUT2D eigenvalue weighted by Gasteiger charge is -2.09. The van der Waals surface area contributed by atoms with Gasteiger partial charge in [0.25, 0.3) is 5.91 Å². The summed E-state index contributed by atoms with van der Waals surface area (Å²) in [7, 11) is 0. The average Bonchev–Trinajstić information content (AvgIpc) is 2.51. The number of carbonyl (C=O) groups excluding carboxylic acids is 2. The molecule has 0 radical (unpaired) electrons. The van der Waals surface area contributed by atoms with Crippen LogP contribution in [0.25, 0.3) is 0 Å². The number of amides is 1. The van der Waals surface area contributed by atoms with Crippen LogP contribution in [0.3, 0.4) is 0 Å². The summed E-state index contributed by atoms with van der Waals surface area (Å²) in [5.41, 5.74) is 0. The first-order chi connectivity index (χ1) is 6.61. The molecule has 1 fully saturated rings. The Balaban J connectivity index is 2.32. The Labute approximate surface area is 83.5 Å². The lowest BCUT2D eigenvalue weighted by atomic mass is 10.1. The molecule has 0 atom stereocenters. The predicted octanol–water partition coefficient (Wildman–Crippen LogP) is 0.584. The van der Waals surface area contributed by atoms with Gasteiger partial charge in [0.05, 0.1) is 0 Å². The molecule has 14 heavy (non-hydrogen) atoms. The largest absolute Gasteiger partial charge is 0.351 e. The molecule has 1 rings (SSSR count). The number of rotatable bonds is 4. The van der Waals surface area contributed by atoms with Gasteiger partial charge in [-0.15, -0.1) is 0 Å². The van der Waals surface area contributed by atoms with Gasteiger partial charge >= 0.3 is 0 Å².